The molecule has 0 spiro atoms. The monoisotopic (exact) mass is 280 g/mol. The molecule has 2 atom stereocenters. The van der Waals surface area contributed by atoms with E-state index in [2.05, 4.69) is 5.32 Å². The largest absolute Gasteiger partial charge is 0.480 e. The fourth-order valence-corrected chi connectivity index (χ4v) is 2.46. The van der Waals surface area contributed by atoms with Crippen molar-refractivity contribution in [2.24, 2.45) is 5.92 Å². The molecule has 1 aliphatic rings. The lowest BCUT2D eigenvalue weighted by atomic mass is 9.93. The first-order chi connectivity index (χ1) is 9.47. The van der Waals surface area contributed by atoms with Gasteiger partial charge in [0.15, 0.2) is 0 Å². The van der Waals surface area contributed by atoms with Gasteiger partial charge in [0.05, 0.1) is 6.54 Å². The number of aliphatic carboxylic acids is 1. The Morgan fingerprint density at radius 3 is 2.85 bits per heavy atom. The topological polar surface area (TPSA) is 82.8 Å². The van der Waals surface area contributed by atoms with Crippen molar-refractivity contribution in [3.8, 4) is 0 Å². The summed E-state index contributed by atoms with van der Waals surface area (Å²) < 4.78 is 5.36. The minimum absolute atomic E-state index is 0.269. The number of hydrogen-bond acceptors (Lipinski definition) is 3. The van der Waals surface area contributed by atoms with E-state index in [-0.39, 0.29) is 12.6 Å². The summed E-state index contributed by atoms with van der Waals surface area (Å²) >= 11 is 0. The van der Waals surface area contributed by atoms with Crippen LogP contribution in [0.15, 0.2) is 16.5 Å². The summed E-state index contributed by atoms with van der Waals surface area (Å²) in [5, 5.41) is 11.9. The molecule has 2 heterocycles. The van der Waals surface area contributed by atoms with E-state index in [1.54, 1.807) is 6.07 Å². The number of rotatable bonds is 3. The normalized spacial score (nSPS) is 22.6. The van der Waals surface area contributed by atoms with Crippen molar-refractivity contribution in [2.45, 2.75) is 39.3 Å². The lowest BCUT2D eigenvalue weighted by Gasteiger charge is -2.35. The fourth-order valence-electron chi connectivity index (χ4n) is 2.46. The molecule has 0 saturated carbocycles. The number of amides is 2. The number of nitrogens with zero attached hydrogens (tertiary/aromatic N) is 1. The van der Waals surface area contributed by atoms with E-state index in [1.807, 2.05) is 19.9 Å². The molecule has 0 aromatic carbocycles. The third kappa shape index (κ3) is 3.31. The zero-order chi connectivity index (χ0) is 14.7. The maximum Gasteiger partial charge on any atom is 0.326 e. The Bertz CT molecular complexity index is 497. The summed E-state index contributed by atoms with van der Waals surface area (Å²) in [6.45, 7) is 4.58. The van der Waals surface area contributed by atoms with Gasteiger partial charge < -0.3 is 19.7 Å². The fraction of sp³-hybridized carbons (Fsp3) is 0.571. The van der Waals surface area contributed by atoms with Crippen LogP contribution in [0.2, 0.25) is 0 Å². The zero-order valence-corrected chi connectivity index (χ0v) is 11.8. The molecule has 2 unspecified atom stereocenters. The molecule has 1 aromatic rings. The molecule has 0 bridgehead atoms. The molecular weight excluding hydrogens is 260 g/mol. The average molecular weight is 280 g/mol. The van der Waals surface area contributed by atoms with E-state index in [4.69, 9.17) is 4.42 Å². The second-order valence-corrected chi connectivity index (χ2v) is 5.35. The van der Waals surface area contributed by atoms with Crippen LogP contribution < -0.4 is 5.32 Å². The van der Waals surface area contributed by atoms with Crippen molar-refractivity contribution in [3.63, 3.8) is 0 Å². The highest BCUT2D eigenvalue weighted by Gasteiger charge is 2.34. The summed E-state index contributed by atoms with van der Waals surface area (Å²) in [6.07, 6.45) is 1.33. The number of likely N-dealkylation sites (tertiary alicyclic amines) is 1. The quantitative estimate of drug-likeness (QED) is 0.887. The first-order valence-electron chi connectivity index (χ1n) is 6.80. The van der Waals surface area contributed by atoms with Gasteiger partial charge in [-0.15, -0.1) is 0 Å². The van der Waals surface area contributed by atoms with Gasteiger partial charge in [0.2, 0.25) is 0 Å². The highest BCUT2D eigenvalue weighted by molar-refractivity contribution is 5.82. The number of piperidine rings is 1. The van der Waals surface area contributed by atoms with Crippen molar-refractivity contribution >= 4 is 12.0 Å². The number of nitrogens with one attached hydrogen (secondary N) is 1. The molecule has 6 heteroatoms. The highest BCUT2D eigenvalue weighted by atomic mass is 16.4. The summed E-state index contributed by atoms with van der Waals surface area (Å²) in [5.41, 5.74) is 0. The molecular formula is C14H20N2O4. The maximum atomic E-state index is 12.1. The van der Waals surface area contributed by atoms with Crippen LogP contribution in [0, 0.1) is 12.8 Å². The first kappa shape index (κ1) is 14.4. The SMILES string of the molecule is Cc1ccc(CNC(=O)N2CCC(C)CC2C(=O)O)o1. The van der Waals surface area contributed by atoms with E-state index < -0.39 is 12.0 Å². The van der Waals surface area contributed by atoms with Crippen LogP contribution >= 0.6 is 0 Å². The van der Waals surface area contributed by atoms with E-state index in [1.165, 1.54) is 4.90 Å². The van der Waals surface area contributed by atoms with Gasteiger partial charge in [-0.1, -0.05) is 6.92 Å². The van der Waals surface area contributed by atoms with Crippen molar-refractivity contribution in [1.82, 2.24) is 10.2 Å². The van der Waals surface area contributed by atoms with Crippen LogP contribution in [0.4, 0.5) is 4.79 Å². The minimum Gasteiger partial charge on any atom is -0.480 e. The molecule has 0 aliphatic carbocycles. The molecule has 1 aromatic heterocycles. The maximum absolute atomic E-state index is 12.1. The smallest absolute Gasteiger partial charge is 0.326 e. The molecule has 0 radical (unpaired) electrons. The lowest BCUT2D eigenvalue weighted by Crippen LogP contribution is -2.53. The summed E-state index contributed by atoms with van der Waals surface area (Å²) in [4.78, 5) is 24.8. The van der Waals surface area contributed by atoms with Gasteiger partial charge in [-0.3, -0.25) is 0 Å². The predicted molar refractivity (Wildman–Crippen MR) is 72.2 cm³/mol. The van der Waals surface area contributed by atoms with Crippen LogP contribution in [-0.4, -0.2) is 34.6 Å². The molecule has 2 amide bonds. The molecule has 6 nitrogen and oxygen atoms in total. The second kappa shape index (κ2) is 5.98. The summed E-state index contributed by atoms with van der Waals surface area (Å²) in [5.74, 6) is 0.825. The predicted octanol–water partition coefficient (Wildman–Crippen LogP) is 1.98. The molecule has 1 aliphatic heterocycles. The van der Waals surface area contributed by atoms with Crippen molar-refractivity contribution < 1.29 is 19.1 Å². The average Bonchev–Trinajstić information content (AvgIpc) is 2.81. The van der Waals surface area contributed by atoms with Gasteiger partial charge in [-0.05, 0) is 37.8 Å². The number of carbonyl (C=O) groups excluding carboxylic acids is 1. The Morgan fingerprint density at radius 2 is 2.25 bits per heavy atom. The van der Waals surface area contributed by atoms with Gasteiger partial charge in [-0.2, -0.15) is 0 Å². The molecule has 110 valence electrons. The van der Waals surface area contributed by atoms with Crippen LogP contribution in [0.1, 0.15) is 31.3 Å². The van der Waals surface area contributed by atoms with Gasteiger partial charge >= 0.3 is 12.0 Å². The minimum atomic E-state index is -0.944. The number of carboxylic acids is 1. The Morgan fingerprint density at radius 1 is 1.50 bits per heavy atom. The molecule has 2 N–H and O–H groups in total. The Balaban J connectivity index is 1.94. The van der Waals surface area contributed by atoms with Gasteiger partial charge in [0.1, 0.15) is 17.6 Å². The zero-order valence-electron chi connectivity index (χ0n) is 11.8. The highest BCUT2D eigenvalue weighted by Crippen LogP contribution is 2.22. The van der Waals surface area contributed by atoms with Gasteiger partial charge in [0.25, 0.3) is 0 Å². The molecule has 20 heavy (non-hydrogen) atoms. The number of urea groups is 1. The summed E-state index contributed by atoms with van der Waals surface area (Å²) in [7, 11) is 0. The van der Waals surface area contributed by atoms with Crippen LogP contribution in [0.3, 0.4) is 0 Å². The number of furan rings is 1. The lowest BCUT2D eigenvalue weighted by molar-refractivity contribution is -0.143. The van der Waals surface area contributed by atoms with Crippen molar-refractivity contribution in [2.75, 3.05) is 6.54 Å². The molecule has 2 rings (SSSR count). The molecule has 1 fully saturated rings. The van der Waals surface area contributed by atoms with Crippen molar-refractivity contribution in [3.05, 3.63) is 23.7 Å². The van der Waals surface area contributed by atoms with Crippen LogP contribution in [0.25, 0.3) is 0 Å². The Hall–Kier alpha value is -1.98. The van der Waals surface area contributed by atoms with Crippen molar-refractivity contribution in [1.29, 1.82) is 0 Å². The number of carbonyl (C=O) groups is 2. The van der Waals surface area contributed by atoms with Crippen LogP contribution in [0.5, 0.6) is 0 Å². The Labute approximate surface area is 117 Å². The standard InChI is InChI=1S/C14H20N2O4/c1-9-5-6-16(12(7-9)13(17)18)14(19)15-8-11-4-3-10(2)20-11/h3-4,9,12H,5-8H2,1-2H3,(H,15,19)(H,17,18). The third-order valence-electron chi connectivity index (χ3n) is 3.62. The second-order valence-electron chi connectivity index (χ2n) is 5.35. The van der Waals surface area contributed by atoms with E-state index in [9.17, 15) is 14.7 Å². The van der Waals surface area contributed by atoms with E-state index in [0.29, 0.717) is 24.6 Å². The number of aryl methyl sites for hydroxylation is 1. The van der Waals surface area contributed by atoms with Gasteiger partial charge in [-0.25, -0.2) is 9.59 Å². The van der Waals surface area contributed by atoms with Gasteiger partial charge in [0, 0.05) is 6.54 Å². The number of carboxylic acid groups (broad SMARTS) is 1. The van der Waals surface area contributed by atoms with E-state index in [0.717, 1.165) is 12.2 Å². The Kier molecular flexibility index (Phi) is 4.32. The number of hydrogen-bond donors (Lipinski definition) is 2. The van der Waals surface area contributed by atoms with E-state index >= 15 is 0 Å². The van der Waals surface area contributed by atoms with Crippen LogP contribution in [-0.2, 0) is 11.3 Å². The third-order valence-corrected chi connectivity index (χ3v) is 3.62. The summed E-state index contributed by atoms with van der Waals surface area (Å²) in [6, 6.07) is 2.53. The first-order valence-corrected chi connectivity index (χ1v) is 6.80. The molecule has 1 saturated heterocycles.